The third-order valence-corrected chi connectivity index (χ3v) is 3.11. The number of amides is 1. The molecule has 1 amide bonds. The molecule has 0 aliphatic heterocycles. The lowest BCUT2D eigenvalue weighted by Gasteiger charge is -2.23. The second-order valence-electron chi connectivity index (χ2n) is 4.97. The number of nitrogens with one attached hydrogen (secondary N) is 1. The fourth-order valence-corrected chi connectivity index (χ4v) is 1.89. The maximum Gasteiger partial charge on any atom is 0.261 e. The van der Waals surface area contributed by atoms with Crippen LogP contribution in [0.15, 0.2) is 29.4 Å². The van der Waals surface area contributed by atoms with Gasteiger partial charge in [0.2, 0.25) is 0 Å². The summed E-state index contributed by atoms with van der Waals surface area (Å²) in [5, 5.41) is 14.9. The first kappa shape index (κ1) is 17.1. The van der Waals surface area contributed by atoms with Gasteiger partial charge in [-0.15, -0.1) is 0 Å². The highest BCUT2D eigenvalue weighted by Crippen LogP contribution is 2.18. The van der Waals surface area contributed by atoms with Crippen molar-refractivity contribution < 1.29 is 14.7 Å². The highest BCUT2D eigenvalue weighted by atomic mass is 35.5. The van der Waals surface area contributed by atoms with Gasteiger partial charge in [0.05, 0.1) is 6.04 Å². The van der Waals surface area contributed by atoms with Crippen LogP contribution in [0.2, 0.25) is 5.02 Å². The Morgan fingerprint density at radius 3 is 2.62 bits per heavy atom. The van der Waals surface area contributed by atoms with Gasteiger partial charge < -0.3 is 21.0 Å². The molecule has 0 bridgehead atoms. The van der Waals surface area contributed by atoms with E-state index in [1.165, 1.54) is 0 Å². The van der Waals surface area contributed by atoms with Crippen LogP contribution in [0, 0.1) is 5.92 Å². The van der Waals surface area contributed by atoms with Crippen LogP contribution in [0.1, 0.15) is 20.8 Å². The normalized spacial score (nSPS) is 14.6. The second-order valence-corrected chi connectivity index (χ2v) is 5.41. The van der Waals surface area contributed by atoms with Gasteiger partial charge in [-0.1, -0.05) is 36.7 Å². The molecule has 0 aromatic heterocycles. The Balaban J connectivity index is 2.69. The zero-order valence-corrected chi connectivity index (χ0v) is 13.0. The summed E-state index contributed by atoms with van der Waals surface area (Å²) in [7, 11) is 0. The zero-order valence-electron chi connectivity index (χ0n) is 12.2. The van der Waals surface area contributed by atoms with E-state index in [1.807, 2.05) is 13.8 Å². The summed E-state index contributed by atoms with van der Waals surface area (Å²) in [6.07, 6.45) is -0.740. The molecule has 2 unspecified atom stereocenters. The van der Waals surface area contributed by atoms with E-state index in [1.54, 1.807) is 31.2 Å². The smallest absolute Gasteiger partial charge is 0.261 e. The van der Waals surface area contributed by atoms with Crippen molar-refractivity contribution in [3.8, 4) is 5.75 Å². The van der Waals surface area contributed by atoms with Gasteiger partial charge in [0.25, 0.3) is 5.91 Å². The summed E-state index contributed by atoms with van der Waals surface area (Å²) in [5.41, 5.74) is 5.57. The average molecular weight is 314 g/mol. The molecule has 0 aliphatic rings. The van der Waals surface area contributed by atoms with Gasteiger partial charge in [-0.25, -0.2) is 0 Å². The number of amidine groups is 1. The lowest BCUT2D eigenvalue weighted by Crippen LogP contribution is -2.51. The molecule has 21 heavy (non-hydrogen) atoms. The quantitative estimate of drug-likeness (QED) is 0.324. The van der Waals surface area contributed by atoms with Crippen molar-refractivity contribution >= 4 is 23.3 Å². The van der Waals surface area contributed by atoms with Crippen LogP contribution in [0.4, 0.5) is 0 Å². The molecule has 0 spiro atoms. The number of hydrogen-bond acceptors (Lipinski definition) is 4. The molecule has 1 aromatic carbocycles. The van der Waals surface area contributed by atoms with Gasteiger partial charge in [0.1, 0.15) is 5.75 Å². The van der Waals surface area contributed by atoms with E-state index < -0.39 is 12.1 Å². The summed E-state index contributed by atoms with van der Waals surface area (Å²) in [5.74, 6) is 0.0619. The molecule has 0 saturated carbocycles. The minimum atomic E-state index is -0.740. The highest BCUT2D eigenvalue weighted by Gasteiger charge is 2.24. The number of nitrogens with two attached hydrogens (primary N) is 1. The lowest BCUT2D eigenvalue weighted by atomic mass is 10.0. The maximum absolute atomic E-state index is 12.1. The number of benzene rings is 1. The second kappa shape index (κ2) is 7.73. The van der Waals surface area contributed by atoms with Gasteiger partial charge in [0.15, 0.2) is 11.9 Å². The Morgan fingerprint density at radius 1 is 1.43 bits per heavy atom. The summed E-state index contributed by atoms with van der Waals surface area (Å²) < 4.78 is 5.51. The fourth-order valence-electron chi connectivity index (χ4n) is 1.71. The zero-order chi connectivity index (χ0) is 16.0. The molecule has 2 atom stereocenters. The van der Waals surface area contributed by atoms with Gasteiger partial charge in [0, 0.05) is 5.02 Å². The SMILES string of the molecule is CC(Oc1cccc(Cl)c1)C(=O)NC(C(N)=NO)C(C)C. The predicted octanol–water partition coefficient (Wildman–Crippen LogP) is 1.99. The molecule has 4 N–H and O–H groups in total. The van der Waals surface area contributed by atoms with Crippen LogP contribution in [0.3, 0.4) is 0 Å². The van der Waals surface area contributed by atoms with Gasteiger partial charge >= 0.3 is 0 Å². The molecule has 0 radical (unpaired) electrons. The van der Waals surface area contributed by atoms with Crippen LogP contribution < -0.4 is 15.8 Å². The van der Waals surface area contributed by atoms with Crippen molar-refractivity contribution in [1.29, 1.82) is 0 Å². The van der Waals surface area contributed by atoms with Crippen molar-refractivity contribution in [2.45, 2.75) is 32.9 Å². The van der Waals surface area contributed by atoms with Crippen LogP contribution in [0.25, 0.3) is 0 Å². The topological polar surface area (TPSA) is 96.9 Å². The number of carbonyl (C=O) groups excluding carboxylic acids is 1. The summed E-state index contributed by atoms with van der Waals surface area (Å²) in [6, 6.07) is 6.21. The summed E-state index contributed by atoms with van der Waals surface area (Å²) in [6.45, 7) is 5.32. The van der Waals surface area contributed by atoms with Gasteiger partial charge in [-0.05, 0) is 31.0 Å². The Hall–Kier alpha value is -1.95. The van der Waals surface area contributed by atoms with Gasteiger partial charge in [-0.2, -0.15) is 0 Å². The number of nitrogens with zero attached hydrogens (tertiary/aromatic N) is 1. The van der Waals surface area contributed by atoms with E-state index in [4.69, 9.17) is 27.3 Å². The monoisotopic (exact) mass is 313 g/mol. The van der Waals surface area contributed by atoms with Crippen molar-refractivity contribution in [3.63, 3.8) is 0 Å². The largest absolute Gasteiger partial charge is 0.481 e. The Morgan fingerprint density at radius 2 is 2.10 bits per heavy atom. The van der Waals surface area contributed by atoms with Crippen LogP contribution in [-0.4, -0.2) is 29.1 Å². The van der Waals surface area contributed by atoms with Crippen molar-refractivity contribution in [2.24, 2.45) is 16.8 Å². The van der Waals surface area contributed by atoms with Gasteiger partial charge in [-0.3, -0.25) is 4.79 Å². The summed E-state index contributed by atoms with van der Waals surface area (Å²) >= 11 is 5.85. The molecule has 1 aromatic rings. The third-order valence-electron chi connectivity index (χ3n) is 2.88. The highest BCUT2D eigenvalue weighted by molar-refractivity contribution is 6.30. The van der Waals surface area contributed by atoms with E-state index in [2.05, 4.69) is 10.5 Å². The minimum absolute atomic E-state index is 0.0248. The van der Waals surface area contributed by atoms with E-state index in [9.17, 15) is 4.79 Å². The number of ether oxygens (including phenoxy) is 1. The molecule has 7 heteroatoms. The molecule has 0 fully saturated rings. The predicted molar refractivity (Wildman–Crippen MR) is 81.7 cm³/mol. The first-order chi connectivity index (χ1) is 9.85. The number of rotatable bonds is 6. The molecule has 6 nitrogen and oxygen atoms in total. The summed E-state index contributed by atoms with van der Waals surface area (Å²) in [4.78, 5) is 12.1. The van der Waals surface area contributed by atoms with Crippen LogP contribution in [-0.2, 0) is 4.79 Å². The van der Waals surface area contributed by atoms with Crippen molar-refractivity contribution in [1.82, 2.24) is 5.32 Å². The van der Waals surface area contributed by atoms with Crippen molar-refractivity contribution in [2.75, 3.05) is 0 Å². The van der Waals surface area contributed by atoms with Crippen molar-refractivity contribution in [3.05, 3.63) is 29.3 Å². The van der Waals surface area contributed by atoms with E-state index >= 15 is 0 Å². The molecule has 1 rings (SSSR count). The fraction of sp³-hybridized carbons (Fsp3) is 0.429. The molecular weight excluding hydrogens is 294 g/mol. The first-order valence-electron chi connectivity index (χ1n) is 6.55. The molecule has 0 saturated heterocycles. The van der Waals surface area contributed by atoms with E-state index in [0.29, 0.717) is 10.8 Å². The number of carbonyl (C=O) groups is 1. The molecular formula is C14H20ClN3O3. The maximum atomic E-state index is 12.1. The number of hydrogen-bond donors (Lipinski definition) is 3. The molecule has 0 heterocycles. The first-order valence-corrected chi connectivity index (χ1v) is 6.93. The Kier molecular flexibility index (Phi) is 6.30. The van der Waals surface area contributed by atoms with Crippen LogP contribution >= 0.6 is 11.6 Å². The van der Waals surface area contributed by atoms with E-state index in [-0.39, 0.29) is 17.7 Å². The molecule has 116 valence electrons. The van der Waals surface area contributed by atoms with E-state index in [0.717, 1.165) is 0 Å². The average Bonchev–Trinajstić information content (AvgIpc) is 2.43. The third kappa shape index (κ3) is 5.15. The Bertz CT molecular complexity index is 520. The number of halogens is 1. The number of oxime groups is 1. The standard InChI is InChI=1S/C14H20ClN3O3/c1-8(2)12(13(16)18-20)17-14(19)9(3)21-11-6-4-5-10(15)7-11/h4-9,12,20H,1-3H3,(H2,16,18)(H,17,19). The van der Waals surface area contributed by atoms with Crippen LogP contribution in [0.5, 0.6) is 5.75 Å². The lowest BCUT2D eigenvalue weighted by molar-refractivity contribution is -0.127. The molecule has 0 aliphatic carbocycles. The minimum Gasteiger partial charge on any atom is -0.481 e. The Labute approximate surface area is 128 Å².